The van der Waals surface area contributed by atoms with Crippen LogP contribution >= 0.6 is 11.8 Å². The Balaban J connectivity index is 2.02. The number of benzene rings is 2. The van der Waals surface area contributed by atoms with E-state index in [9.17, 15) is 9.59 Å². The van der Waals surface area contributed by atoms with Gasteiger partial charge in [-0.05, 0) is 31.5 Å². The van der Waals surface area contributed by atoms with Crippen molar-refractivity contribution in [3.8, 4) is 0 Å². The Hall–Kier alpha value is -2.07. The second-order valence-corrected chi connectivity index (χ2v) is 7.49. The summed E-state index contributed by atoms with van der Waals surface area (Å²) in [6.45, 7) is 4.24. The smallest absolute Gasteiger partial charge is 0.262 e. The van der Waals surface area contributed by atoms with Crippen LogP contribution in [0.15, 0.2) is 53.4 Å². The number of imide groups is 1. The average molecular weight is 311 g/mol. The van der Waals surface area contributed by atoms with Crippen molar-refractivity contribution in [3.63, 3.8) is 0 Å². The first-order valence-corrected chi connectivity index (χ1v) is 7.93. The summed E-state index contributed by atoms with van der Waals surface area (Å²) < 4.78 is -0.194. The molecule has 3 rings (SSSR count). The van der Waals surface area contributed by atoms with E-state index >= 15 is 0 Å². The van der Waals surface area contributed by atoms with E-state index in [0.717, 1.165) is 4.90 Å². The van der Waals surface area contributed by atoms with E-state index in [0.29, 0.717) is 11.1 Å². The molecule has 2 aromatic carbocycles. The normalized spacial score (nSPS) is 14.4. The molecule has 0 aliphatic carbocycles. The van der Waals surface area contributed by atoms with Crippen molar-refractivity contribution in [2.45, 2.75) is 23.5 Å². The second kappa shape index (κ2) is 5.29. The van der Waals surface area contributed by atoms with Crippen molar-refractivity contribution >= 4 is 23.6 Å². The number of amides is 2. The van der Waals surface area contributed by atoms with Crippen LogP contribution in [-0.4, -0.2) is 23.8 Å². The number of carbonyl (C=O) groups is 2. The van der Waals surface area contributed by atoms with Crippen LogP contribution in [0.2, 0.25) is 0 Å². The molecular weight excluding hydrogens is 294 g/mol. The van der Waals surface area contributed by atoms with E-state index in [4.69, 9.17) is 0 Å². The third-order valence-electron chi connectivity index (χ3n) is 3.91. The number of nitrogens with zero attached hydrogens (tertiary/aromatic N) is 1. The number of carbonyl (C=O) groups excluding carboxylic acids is 2. The van der Waals surface area contributed by atoms with Crippen molar-refractivity contribution < 1.29 is 9.59 Å². The maximum Gasteiger partial charge on any atom is 0.262 e. The molecule has 0 saturated heterocycles. The molecule has 0 saturated carbocycles. The highest BCUT2D eigenvalue weighted by Gasteiger charge is 2.36. The third-order valence-corrected chi connectivity index (χ3v) is 5.22. The molecule has 3 nitrogen and oxygen atoms in total. The molecule has 0 fully saturated rings. The van der Waals surface area contributed by atoms with Gasteiger partial charge in [-0.2, -0.15) is 0 Å². The Labute approximate surface area is 134 Å². The Morgan fingerprint density at radius 1 is 0.909 bits per heavy atom. The molecule has 0 bridgehead atoms. The second-order valence-electron chi connectivity index (χ2n) is 5.83. The lowest BCUT2D eigenvalue weighted by Crippen LogP contribution is -2.24. The lowest BCUT2D eigenvalue weighted by Gasteiger charge is -2.25. The number of hydrogen-bond acceptors (Lipinski definition) is 3. The van der Waals surface area contributed by atoms with E-state index in [1.807, 2.05) is 30.3 Å². The van der Waals surface area contributed by atoms with Gasteiger partial charge in [0.1, 0.15) is 0 Å². The Morgan fingerprint density at radius 2 is 1.59 bits per heavy atom. The summed E-state index contributed by atoms with van der Waals surface area (Å²) in [7, 11) is 1.53. The summed E-state index contributed by atoms with van der Waals surface area (Å²) in [5, 5.41) is 0. The third kappa shape index (κ3) is 2.33. The molecule has 1 aliphatic rings. The van der Waals surface area contributed by atoms with Crippen molar-refractivity contribution in [2.24, 2.45) is 0 Å². The summed E-state index contributed by atoms with van der Waals surface area (Å²) in [6.07, 6.45) is 0. The maximum absolute atomic E-state index is 12.3. The zero-order chi connectivity index (χ0) is 15.9. The van der Waals surface area contributed by atoms with Crippen LogP contribution in [0.4, 0.5) is 0 Å². The maximum atomic E-state index is 12.3. The molecule has 0 radical (unpaired) electrons. The molecule has 1 heterocycles. The van der Waals surface area contributed by atoms with E-state index < -0.39 is 0 Å². The fraction of sp³-hybridized carbons (Fsp3) is 0.222. The molecule has 0 spiro atoms. The van der Waals surface area contributed by atoms with Crippen LogP contribution in [0.5, 0.6) is 0 Å². The number of hydrogen-bond donors (Lipinski definition) is 0. The van der Waals surface area contributed by atoms with Gasteiger partial charge in [-0.25, -0.2) is 0 Å². The van der Waals surface area contributed by atoms with E-state index in [-0.39, 0.29) is 16.6 Å². The van der Waals surface area contributed by atoms with Gasteiger partial charge in [-0.15, -0.1) is 11.8 Å². The lowest BCUT2D eigenvalue weighted by atomic mass is 10.0. The van der Waals surface area contributed by atoms with Gasteiger partial charge in [-0.3, -0.25) is 14.5 Å². The highest BCUT2D eigenvalue weighted by Crippen LogP contribution is 2.43. The molecule has 4 heteroatoms. The molecule has 0 atom stereocenters. The predicted molar refractivity (Wildman–Crippen MR) is 88.2 cm³/mol. The van der Waals surface area contributed by atoms with Gasteiger partial charge < -0.3 is 0 Å². The van der Waals surface area contributed by atoms with Crippen molar-refractivity contribution in [1.82, 2.24) is 4.90 Å². The molecule has 0 N–H and O–H groups in total. The van der Waals surface area contributed by atoms with Gasteiger partial charge in [0.05, 0.1) is 11.1 Å². The largest absolute Gasteiger partial charge is 0.277 e. The first-order chi connectivity index (χ1) is 10.4. The van der Waals surface area contributed by atoms with Gasteiger partial charge >= 0.3 is 0 Å². The van der Waals surface area contributed by atoms with Crippen LogP contribution in [0.1, 0.15) is 40.1 Å². The Bertz CT molecular complexity index is 753. The van der Waals surface area contributed by atoms with Crippen molar-refractivity contribution in [3.05, 3.63) is 65.2 Å². The Kier molecular flexibility index (Phi) is 3.57. The fourth-order valence-corrected chi connectivity index (χ4v) is 3.88. The highest BCUT2D eigenvalue weighted by molar-refractivity contribution is 8.00. The summed E-state index contributed by atoms with van der Waals surface area (Å²) in [6, 6.07) is 15.6. The van der Waals surface area contributed by atoms with Crippen LogP contribution in [0.25, 0.3) is 0 Å². The molecule has 112 valence electrons. The zero-order valence-electron chi connectivity index (χ0n) is 12.8. The van der Waals surface area contributed by atoms with Gasteiger partial charge in [-0.1, -0.05) is 36.4 Å². The van der Waals surface area contributed by atoms with Crippen LogP contribution in [-0.2, 0) is 4.75 Å². The summed E-state index contributed by atoms with van der Waals surface area (Å²) >= 11 is 1.61. The minimum Gasteiger partial charge on any atom is -0.277 e. The quantitative estimate of drug-likeness (QED) is 0.636. The minimum absolute atomic E-state index is 0.194. The molecular formula is C18H17NO2S. The zero-order valence-corrected chi connectivity index (χ0v) is 13.6. The number of fused-ring (bicyclic) bond motifs is 1. The number of rotatable bonds is 3. The predicted octanol–water partition coefficient (Wildman–Crippen LogP) is 3.94. The fourth-order valence-electron chi connectivity index (χ4n) is 2.63. The van der Waals surface area contributed by atoms with E-state index in [1.165, 1.54) is 17.5 Å². The van der Waals surface area contributed by atoms with Gasteiger partial charge in [0.15, 0.2) is 0 Å². The molecule has 0 aromatic heterocycles. The van der Waals surface area contributed by atoms with Crippen molar-refractivity contribution in [1.29, 1.82) is 0 Å². The van der Waals surface area contributed by atoms with Gasteiger partial charge in [0.2, 0.25) is 0 Å². The average Bonchev–Trinajstić information content (AvgIpc) is 2.74. The van der Waals surface area contributed by atoms with E-state index in [1.54, 1.807) is 17.8 Å². The summed E-state index contributed by atoms with van der Waals surface area (Å²) in [5.74, 6) is -0.438. The highest BCUT2D eigenvalue weighted by atomic mass is 32.2. The summed E-state index contributed by atoms with van der Waals surface area (Å²) in [5.41, 5.74) is 2.22. The minimum atomic E-state index is -0.222. The summed E-state index contributed by atoms with van der Waals surface area (Å²) in [4.78, 5) is 26.5. The first-order valence-electron chi connectivity index (χ1n) is 7.12. The lowest BCUT2D eigenvalue weighted by molar-refractivity contribution is 0.0692. The molecule has 2 amide bonds. The van der Waals surface area contributed by atoms with Gasteiger partial charge in [0, 0.05) is 16.7 Å². The molecule has 1 aliphatic heterocycles. The molecule has 0 unspecified atom stereocenters. The number of thioether (sulfide) groups is 1. The standard InChI is InChI=1S/C18H17NO2S/c1-18(2,12-8-5-4-6-9-12)22-14-11-7-10-13-15(14)17(21)19(3)16(13)20/h4-11H,1-3H3. The van der Waals surface area contributed by atoms with Crippen LogP contribution < -0.4 is 0 Å². The van der Waals surface area contributed by atoms with Crippen LogP contribution in [0.3, 0.4) is 0 Å². The first kappa shape index (κ1) is 14.9. The SMILES string of the molecule is CN1C(=O)c2cccc(SC(C)(C)c3ccccc3)c2C1=O. The topological polar surface area (TPSA) is 37.4 Å². The molecule has 2 aromatic rings. The molecule has 22 heavy (non-hydrogen) atoms. The van der Waals surface area contributed by atoms with Gasteiger partial charge in [0.25, 0.3) is 11.8 Å². The Morgan fingerprint density at radius 3 is 2.27 bits per heavy atom. The monoisotopic (exact) mass is 311 g/mol. The van der Waals surface area contributed by atoms with Crippen molar-refractivity contribution in [2.75, 3.05) is 7.05 Å². The van der Waals surface area contributed by atoms with E-state index in [2.05, 4.69) is 26.0 Å². The van der Waals surface area contributed by atoms with Crippen LogP contribution in [0, 0.1) is 0 Å².